The Morgan fingerprint density at radius 3 is 2.38 bits per heavy atom. The number of nitrogens with one attached hydrogen (secondary N) is 1. The number of benzene rings is 4. The zero-order valence-electron chi connectivity index (χ0n) is 19.7. The van der Waals surface area contributed by atoms with Crippen LogP contribution >= 0.6 is 0 Å². The van der Waals surface area contributed by atoms with Gasteiger partial charge in [-0.1, -0.05) is 66.7 Å². The molecule has 170 valence electrons. The summed E-state index contributed by atoms with van der Waals surface area (Å²) in [4.78, 5) is 1.64. The molecule has 1 aliphatic heterocycles. The quantitative estimate of drug-likeness (QED) is 0.388. The molecular weight excluding hydrogens is 416 g/mol. The van der Waals surface area contributed by atoms with Gasteiger partial charge in [-0.05, 0) is 41.5 Å². The number of hydrogen-bond donors (Lipinski definition) is 1. The fraction of sp³-hybridized carbons (Fsp3) is 0.233. The van der Waals surface area contributed by atoms with Crippen LogP contribution in [0, 0.1) is 0 Å². The van der Waals surface area contributed by atoms with Crippen LogP contribution in [0.15, 0.2) is 90.0 Å². The molecule has 1 fully saturated rings. The van der Waals surface area contributed by atoms with E-state index in [4.69, 9.17) is 5.10 Å². The monoisotopic (exact) mass is 447 g/mol. The van der Waals surface area contributed by atoms with Crippen molar-refractivity contribution in [2.45, 2.75) is 20.0 Å². The van der Waals surface area contributed by atoms with Crippen LogP contribution in [0.2, 0.25) is 0 Å². The van der Waals surface area contributed by atoms with Crippen LogP contribution < -0.4 is 4.90 Å². The number of hydrogen-bond acceptors (Lipinski definition) is 2. The molecule has 0 aliphatic carbocycles. The lowest BCUT2D eigenvalue weighted by molar-refractivity contribution is -0.918. The summed E-state index contributed by atoms with van der Waals surface area (Å²) in [6, 6.07) is 30.8. The highest BCUT2D eigenvalue weighted by Gasteiger charge is 2.19. The number of nitrogens with zero attached hydrogens (tertiary/aromatic N) is 3. The van der Waals surface area contributed by atoms with Gasteiger partial charge in [0, 0.05) is 33.9 Å². The predicted octanol–water partition coefficient (Wildman–Crippen LogP) is 4.70. The van der Waals surface area contributed by atoms with Crippen molar-refractivity contribution >= 4 is 38.8 Å². The molecule has 0 bridgehead atoms. The summed E-state index contributed by atoms with van der Waals surface area (Å²) in [5.74, 6) is 0. The largest absolute Gasteiger partial charge is 0.341 e. The van der Waals surface area contributed by atoms with E-state index in [0.29, 0.717) is 0 Å². The second kappa shape index (κ2) is 8.96. The Morgan fingerprint density at radius 1 is 0.794 bits per heavy atom. The fourth-order valence-electron chi connectivity index (χ4n) is 5.46. The Kier molecular flexibility index (Phi) is 5.52. The Hall–Kier alpha value is -3.63. The first-order chi connectivity index (χ1) is 16.8. The average Bonchev–Trinajstić information content (AvgIpc) is 3.21. The molecule has 1 aromatic heterocycles. The number of rotatable bonds is 5. The van der Waals surface area contributed by atoms with E-state index in [1.807, 2.05) is 6.21 Å². The number of quaternary nitrogens is 1. The van der Waals surface area contributed by atoms with E-state index >= 15 is 0 Å². The summed E-state index contributed by atoms with van der Waals surface area (Å²) in [7, 11) is 0. The van der Waals surface area contributed by atoms with Gasteiger partial charge < -0.3 is 9.47 Å². The molecule has 0 amide bonds. The fourth-order valence-corrected chi connectivity index (χ4v) is 5.46. The Morgan fingerprint density at radius 2 is 1.53 bits per heavy atom. The van der Waals surface area contributed by atoms with E-state index in [-0.39, 0.29) is 0 Å². The maximum Gasteiger partial charge on any atom is 0.104 e. The third-order valence-electron chi connectivity index (χ3n) is 7.25. The number of piperazine rings is 1. The second-order valence-corrected chi connectivity index (χ2v) is 9.30. The van der Waals surface area contributed by atoms with Crippen molar-refractivity contribution in [3.63, 3.8) is 0 Å². The number of para-hydroxylation sites is 1. The van der Waals surface area contributed by atoms with Crippen molar-refractivity contribution in [2.75, 3.05) is 26.2 Å². The van der Waals surface area contributed by atoms with Crippen molar-refractivity contribution < 1.29 is 4.90 Å². The number of hydrazone groups is 1. The smallest absolute Gasteiger partial charge is 0.104 e. The van der Waals surface area contributed by atoms with E-state index in [1.54, 1.807) is 4.90 Å². The molecule has 0 saturated carbocycles. The minimum absolute atomic E-state index is 0.975. The highest BCUT2D eigenvalue weighted by atomic mass is 15.5. The van der Waals surface area contributed by atoms with Gasteiger partial charge in [0.2, 0.25) is 0 Å². The standard InChI is InChI=1S/C30H30N4/c1-2-34-29-13-6-5-12-27(29)28-20-23(14-15-30(28)34)21-31-33-18-16-32(17-19-33)22-25-10-7-9-24-8-3-4-11-26(24)25/h3-15,20-21H,2,16-19,22H2,1H3/p+1/b31-21-. The van der Waals surface area contributed by atoms with Crippen molar-refractivity contribution in [1.82, 2.24) is 9.58 Å². The highest BCUT2D eigenvalue weighted by molar-refractivity contribution is 6.09. The van der Waals surface area contributed by atoms with E-state index in [0.717, 1.165) is 44.8 Å². The first-order valence-corrected chi connectivity index (χ1v) is 12.4. The molecule has 0 unspecified atom stereocenters. The van der Waals surface area contributed by atoms with Crippen LogP contribution in [0.4, 0.5) is 0 Å². The molecule has 5 aromatic rings. The molecule has 4 heteroatoms. The molecule has 1 N–H and O–H groups in total. The summed E-state index contributed by atoms with van der Waals surface area (Å²) < 4.78 is 2.39. The molecule has 34 heavy (non-hydrogen) atoms. The lowest BCUT2D eigenvalue weighted by Crippen LogP contribution is -3.13. The summed E-state index contributed by atoms with van der Waals surface area (Å²) in [5, 5.41) is 12.4. The van der Waals surface area contributed by atoms with Crippen LogP contribution in [-0.2, 0) is 13.1 Å². The molecule has 0 atom stereocenters. The van der Waals surface area contributed by atoms with Gasteiger partial charge in [0.05, 0.1) is 32.4 Å². The molecule has 0 spiro atoms. The lowest BCUT2D eigenvalue weighted by atomic mass is 10.0. The maximum atomic E-state index is 4.85. The predicted molar refractivity (Wildman–Crippen MR) is 143 cm³/mol. The lowest BCUT2D eigenvalue weighted by Gasteiger charge is -2.30. The van der Waals surface area contributed by atoms with Gasteiger partial charge in [-0.25, -0.2) is 0 Å². The topological polar surface area (TPSA) is 25.0 Å². The van der Waals surface area contributed by atoms with E-state index in [9.17, 15) is 0 Å². The van der Waals surface area contributed by atoms with Gasteiger partial charge in [0.1, 0.15) is 6.54 Å². The zero-order valence-corrected chi connectivity index (χ0v) is 19.7. The molecular formula is C30H31N4+. The van der Waals surface area contributed by atoms with Crippen molar-refractivity contribution in [3.05, 3.63) is 96.1 Å². The summed E-state index contributed by atoms with van der Waals surface area (Å²) >= 11 is 0. The van der Waals surface area contributed by atoms with Crippen LogP contribution in [0.1, 0.15) is 18.1 Å². The normalized spacial score (nSPS) is 15.3. The number of fused-ring (bicyclic) bond motifs is 4. The Balaban J connectivity index is 1.15. The van der Waals surface area contributed by atoms with Crippen molar-refractivity contribution in [1.29, 1.82) is 0 Å². The van der Waals surface area contributed by atoms with Crippen LogP contribution in [0.5, 0.6) is 0 Å². The average molecular weight is 448 g/mol. The molecule has 2 heterocycles. The third kappa shape index (κ3) is 3.84. The molecule has 4 aromatic carbocycles. The maximum absolute atomic E-state index is 4.85. The molecule has 6 rings (SSSR count). The minimum atomic E-state index is 0.975. The zero-order chi connectivity index (χ0) is 22.9. The third-order valence-corrected chi connectivity index (χ3v) is 7.25. The van der Waals surface area contributed by atoms with Gasteiger partial charge >= 0.3 is 0 Å². The first kappa shape index (κ1) is 20.9. The van der Waals surface area contributed by atoms with Crippen LogP contribution in [0.3, 0.4) is 0 Å². The van der Waals surface area contributed by atoms with Gasteiger partial charge in [0.25, 0.3) is 0 Å². The minimum Gasteiger partial charge on any atom is -0.341 e. The van der Waals surface area contributed by atoms with Gasteiger partial charge in [-0.3, -0.25) is 5.01 Å². The van der Waals surface area contributed by atoms with Gasteiger partial charge in [0.15, 0.2) is 0 Å². The van der Waals surface area contributed by atoms with Crippen LogP contribution in [-0.4, -0.2) is 42.0 Å². The molecule has 1 saturated heterocycles. The summed E-state index contributed by atoms with van der Waals surface area (Å²) in [5.41, 5.74) is 5.22. The molecule has 0 radical (unpaired) electrons. The van der Waals surface area contributed by atoms with Gasteiger partial charge in [-0.15, -0.1) is 0 Å². The SMILES string of the molecule is CCn1c2ccccc2c2cc(/C=N\N3CC[NH+](Cc4cccc5ccccc45)CC3)ccc21. The Bertz CT molecular complexity index is 1480. The van der Waals surface area contributed by atoms with Crippen LogP contribution in [0.25, 0.3) is 32.6 Å². The molecule has 1 aliphatic rings. The second-order valence-electron chi connectivity index (χ2n) is 9.30. The van der Waals surface area contributed by atoms with Gasteiger partial charge in [-0.2, -0.15) is 5.10 Å². The Labute approximate surface area is 200 Å². The van der Waals surface area contributed by atoms with Crippen molar-refractivity contribution in [2.24, 2.45) is 5.10 Å². The number of aromatic nitrogens is 1. The highest BCUT2D eigenvalue weighted by Crippen LogP contribution is 2.29. The summed E-state index contributed by atoms with van der Waals surface area (Å²) in [6.07, 6.45) is 2.03. The van der Waals surface area contributed by atoms with E-state index in [2.05, 4.69) is 101 Å². The summed E-state index contributed by atoms with van der Waals surface area (Å²) in [6.45, 7) is 8.48. The first-order valence-electron chi connectivity index (χ1n) is 12.4. The van der Waals surface area contributed by atoms with Crippen molar-refractivity contribution in [3.8, 4) is 0 Å². The molecule has 4 nitrogen and oxygen atoms in total. The van der Waals surface area contributed by atoms with E-state index in [1.165, 1.54) is 38.1 Å². The number of aryl methyl sites for hydroxylation is 1. The van der Waals surface area contributed by atoms with E-state index < -0.39 is 0 Å².